The van der Waals surface area contributed by atoms with Gasteiger partial charge in [0.15, 0.2) is 5.65 Å². The van der Waals surface area contributed by atoms with Crippen LogP contribution in [0, 0.1) is 6.92 Å². The molecular formula is C11H10N4. The SMILES string of the molecule is Cc1cc(N)nc2c1nc1ccccn12. The first kappa shape index (κ1) is 8.23. The Kier molecular flexibility index (Phi) is 1.48. The minimum absolute atomic E-state index is 0.533. The van der Waals surface area contributed by atoms with Crippen molar-refractivity contribution in [2.45, 2.75) is 6.92 Å². The molecular weight excluding hydrogens is 188 g/mol. The molecule has 0 amide bonds. The molecule has 15 heavy (non-hydrogen) atoms. The van der Waals surface area contributed by atoms with E-state index in [0.29, 0.717) is 5.82 Å². The number of nitrogens with two attached hydrogens (primary N) is 1. The summed E-state index contributed by atoms with van der Waals surface area (Å²) in [5, 5.41) is 0. The number of nitrogens with zero attached hydrogens (tertiary/aromatic N) is 3. The predicted octanol–water partition coefficient (Wildman–Crippen LogP) is 1.77. The molecule has 0 bridgehead atoms. The molecule has 3 rings (SSSR count). The van der Waals surface area contributed by atoms with Crippen LogP contribution in [0.2, 0.25) is 0 Å². The summed E-state index contributed by atoms with van der Waals surface area (Å²) < 4.78 is 1.94. The third-order valence-electron chi connectivity index (χ3n) is 2.48. The zero-order valence-corrected chi connectivity index (χ0v) is 8.31. The van der Waals surface area contributed by atoms with Gasteiger partial charge in [-0.05, 0) is 30.7 Å². The van der Waals surface area contributed by atoms with Crippen LogP contribution in [0.1, 0.15) is 5.56 Å². The summed E-state index contributed by atoms with van der Waals surface area (Å²) in [6.07, 6.45) is 1.94. The summed E-state index contributed by atoms with van der Waals surface area (Å²) in [5.41, 5.74) is 9.41. The van der Waals surface area contributed by atoms with Gasteiger partial charge in [-0.25, -0.2) is 9.97 Å². The maximum absolute atomic E-state index is 5.72. The van der Waals surface area contributed by atoms with Gasteiger partial charge in [-0.3, -0.25) is 4.40 Å². The van der Waals surface area contributed by atoms with E-state index in [1.54, 1.807) is 0 Å². The van der Waals surface area contributed by atoms with E-state index in [0.717, 1.165) is 22.4 Å². The average molecular weight is 198 g/mol. The number of aryl methyl sites for hydroxylation is 1. The van der Waals surface area contributed by atoms with Crippen molar-refractivity contribution in [3.63, 3.8) is 0 Å². The Morgan fingerprint density at radius 1 is 1.27 bits per heavy atom. The zero-order chi connectivity index (χ0) is 10.4. The van der Waals surface area contributed by atoms with Crippen molar-refractivity contribution in [2.75, 3.05) is 5.73 Å². The molecule has 4 nitrogen and oxygen atoms in total. The minimum Gasteiger partial charge on any atom is -0.384 e. The van der Waals surface area contributed by atoms with Crippen LogP contribution < -0.4 is 5.73 Å². The Balaban J connectivity index is 2.61. The highest BCUT2D eigenvalue weighted by Gasteiger charge is 2.07. The van der Waals surface area contributed by atoms with Crippen LogP contribution >= 0.6 is 0 Å². The number of pyridine rings is 2. The van der Waals surface area contributed by atoms with E-state index < -0.39 is 0 Å². The second kappa shape index (κ2) is 2.70. The van der Waals surface area contributed by atoms with E-state index in [4.69, 9.17) is 5.73 Å². The Bertz CT molecular complexity index is 654. The maximum atomic E-state index is 5.72. The predicted molar refractivity (Wildman–Crippen MR) is 59.6 cm³/mol. The Morgan fingerprint density at radius 3 is 3.00 bits per heavy atom. The number of nitrogen functional groups attached to an aromatic ring is 1. The average Bonchev–Trinajstić information content (AvgIpc) is 2.57. The standard InChI is InChI=1S/C11H10N4/c1-7-6-8(12)13-11-10(7)14-9-4-2-3-5-15(9)11/h2-6H,1H3,(H2,12,13). The normalized spacial score (nSPS) is 11.3. The van der Waals surface area contributed by atoms with Crippen LogP contribution in [0.15, 0.2) is 30.5 Å². The summed E-state index contributed by atoms with van der Waals surface area (Å²) in [4.78, 5) is 8.80. The third kappa shape index (κ3) is 1.08. The highest BCUT2D eigenvalue weighted by molar-refractivity contribution is 5.81. The van der Waals surface area contributed by atoms with E-state index in [-0.39, 0.29) is 0 Å². The molecule has 3 aromatic rings. The fourth-order valence-electron chi connectivity index (χ4n) is 1.80. The molecule has 0 aliphatic heterocycles. The Hall–Kier alpha value is -2.10. The summed E-state index contributed by atoms with van der Waals surface area (Å²) in [6, 6.07) is 7.71. The first-order chi connectivity index (χ1) is 7.25. The third-order valence-corrected chi connectivity index (χ3v) is 2.48. The van der Waals surface area contributed by atoms with Crippen molar-refractivity contribution >= 4 is 22.6 Å². The molecule has 0 aliphatic carbocycles. The first-order valence-corrected chi connectivity index (χ1v) is 4.75. The number of imidazole rings is 1. The van der Waals surface area contributed by atoms with Crippen molar-refractivity contribution < 1.29 is 0 Å². The second-order valence-electron chi connectivity index (χ2n) is 3.58. The second-order valence-corrected chi connectivity index (χ2v) is 3.58. The maximum Gasteiger partial charge on any atom is 0.167 e. The van der Waals surface area contributed by atoms with Crippen molar-refractivity contribution in [1.29, 1.82) is 0 Å². The lowest BCUT2D eigenvalue weighted by molar-refractivity contribution is 1.18. The summed E-state index contributed by atoms with van der Waals surface area (Å²) in [6.45, 7) is 1.99. The largest absolute Gasteiger partial charge is 0.384 e. The molecule has 0 atom stereocenters. The number of fused-ring (bicyclic) bond motifs is 3. The fraction of sp³-hybridized carbons (Fsp3) is 0.0909. The van der Waals surface area contributed by atoms with Crippen LogP contribution in [0.3, 0.4) is 0 Å². The van der Waals surface area contributed by atoms with Crippen LogP contribution in [0.4, 0.5) is 5.82 Å². The quantitative estimate of drug-likeness (QED) is 0.599. The monoisotopic (exact) mass is 198 g/mol. The topological polar surface area (TPSA) is 56.2 Å². The van der Waals surface area contributed by atoms with Gasteiger partial charge in [-0.1, -0.05) is 6.07 Å². The molecule has 0 saturated carbocycles. The van der Waals surface area contributed by atoms with E-state index in [9.17, 15) is 0 Å². The lowest BCUT2D eigenvalue weighted by Crippen LogP contribution is -1.93. The highest BCUT2D eigenvalue weighted by Crippen LogP contribution is 2.19. The van der Waals surface area contributed by atoms with Gasteiger partial charge >= 0.3 is 0 Å². The smallest absolute Gasteiger partial charge is 0.167 e. The van der Waals surface area contributed by atoms with E-state index in [1.165, 1.54) is 0 Å². The summed E-state index contributed by atoms with van der Waals surface area (Å²) >= 11 is 0. The van der Waals surface area contributed by atoms with Crippen LogP contribution in [-0.4, -0.2) is 14.4 Å². The van der Waals surface area contributed by atoms with Crippen molar-refractivity contribution in [1.82, 2.24) is 14.4 Å². The van der Waals surface area contributed by atoms with Crippen LogP contribution in [-0.2, 0) is 0 Å². The molecule has 0 unspecified atom stereocenters. The molecule has 0 spiro atoms. The molecule has 74 valence electrons. The fourth-order valence-corrected chi connectivity index (χ4v) is 1.80. The van der Waals surface area contributed by atoms with Gasteiger partial charge in [0.2, 0.25) is 0 Å². The van der Waals surface area contributed by atoms with Crippen LogP contribution in [0.25, 0.3) is 16.8 Å². The molecule has 0 radical (unpaired) electrons. The molecule has 0 aliphatic rings. The van der Waals surface area contributed by atoms with Gasteiger partial charge < -0.3 is 5.73 Å². The molecule has 4 heteroatoms. The van der Waals surface area contributed by atoms with Gasteiger partial charge in [0.1, 0.15) is 17.0 Å². The first-order valence-electron chi connectivity index (χ1n) is 4.75. The number of anilines is 1. The number of aromatic nitrogens is 3. The molecule has 0 saturated heterocycles. The Labute approximate surface area is 86.4 Å². The van der Waals surface area contributed by atoms with Crippen molar-refractivity contribution in [3.8, 4) is 0 Å². The minimum atomic E-state index is 0.533. The Morgan fingerprint density at radius 2 is 2.13 bits per heavy atom. The lowest BCUT2D eigenvalue weighted by atomic mass is 10.2. The number of hydrogen-bond donors (Lipinski definition) is 1. The number of hydrogen-bond acceptors (Lipinski definition) is 3. The summed E-state index contributed by atoms with van der Waals surface area (Å²) in [7, 11) is 0. The van der Waals surface area contributed by atoms with Gasteiger partial charge in [-0.15, -0.1) is 0 Å². The van der Waals surface area contributed by atoms with Gasteiger partial charge in [0.25, 0.3) is 0 Å². The highest BCUT2D eigenvalue weighted by atomic mass is 15.1. The lowest BCUT2D eigenvalue weighted by Gasteiger charge is -1.97. The molecule has 0 fully saturated rings. The van der Waals surface area contributed by atoms with Gasteiger partial charge in [-0.2, -0.15) is 0 Å². The van der Waals surface area contributed by atoms with Gasteiger partial charge in [0.05, 0.1) is 0 Å². The summed E-state index contributed by atoms with van der Waals surface area (Å²) in [5.74, 6) is 0.533. The van der Waals surface area contributed by atoms with Crippen molar-refractivity contribution in [3.05, 3.63) is 36.0 Å². The van der Waals surface area contributed by atoms with E-state index in [1.807, 2.05) is 41.8 Å². The van der Waals surface area contributed by atoms with Crippen molar-refractivity contribution in [2.24, 2.45) is 0 Å². The molecule has 3 aromatic heterocycles. The van der Waals surface area contributed by atoms with Crippen LogP contribution in [0.5, 0.6) is 0 Å². The number of rotatable bonds is 0. The molecule has 3 heterocycles. The molecule has 0 aromatic carbocycles. The van der Waals surface area contributed by atoms with E-state index >= 15 is 0 Å². The molecule has 2 N–H and O–H groups in total. The van der Waals surface area contributed by atoms with E-state index in [2.05, 4.69) is 9.97 Å². The van der Waals surface area contributed by atoms with Gasteiger partial charge in [0, 0.05) is 6.20 Å². The zero-order valence-electron chi connectivity index (χ0n) is 8.31.